The number of rotatable bonds is 3. The van der Waals surface area contributed by atoms with Crippen LogP contribution in [-0.4, -0.2) is 0 Å². The van der Waals surface area contributed by atoms with Crippen molar-refractivity contribution in [3.8, 4) is 23.6 Å². The predicted octanol–water partition coefficient (Wildman–Crippen LogP) is 3.73. The Balaban J connectivity index is 2.24. The molecule has 2 aromatic rings. The van der Waals surface area contributed by atoms with Crippen molar-refractivity contribution in [3.63, 3.8) is 0 Å². The predicted molar refractivity (Wildman–Crippen MR) is 71.7 cm³/mol. The van der Waals surface area contributed by atoms with Gasteiger partial charge in [-0.2, -0.15) is 10.5 Å². The van der Waals surface area contributed by atoms with Gasteiger partial charge in [-0.05, 0) is 42.3 Å². The lowest BCUT2D eigenvalue weighted by Crippen LogP contribution is -1.90. The van der Waals surface area contributed by atoms with Crippen LogP contribution < -0.4 is 4.74 Å². The van der Waals surface area contributed by atoms with Gasteiger partial charge in [0, 0.05) is 0 Å². The molecule has 3 heteroatoms. The van der Waals surface area contributed by atoms with Crippen LogP contribution in [0.15, 0.2) is 42.5 Å². The molecule has 0 saturated heterocycles. The van der Waals surface area contributed by atoms with Gasteiger partial charge in [0.15, 0.2) is 0 Å². The quantitative estimate of drug-likeness (QED) is 0.831. The minimum Gasteiger partial charge on any atom is -0.456 e. The minimum atomic E-state index is 0.383. The summed E-state index contributed by atoms with van der Waals surface area (Å²) in [4.78, 5) is 0. The second kappa shape index (κ2) is 5.71. The van der Waals surface area contributed by atoms with Gasteiger partial charge in [0.05, 0.1) is 18.1 Å². The van der Waals surface area contributed by atoms with Gasteiger partial charge in [0.2, 0.25) is 0 Å². The summed E-state index contributed by atoms with van der Waals surface area (Å²) < 4.78 is 5.71. The highest BCUT2D eigenvalue weighted by molar-refractivity contribution is 5.47. The number of nitriles is 2. The largest absolute Gasteiger partial charge is 0.456 e. The summed E-state index contributed by atoms with van der Waals surface area (Å²) in [5, 5.41) is 17.6. The third kappa shape index (κ3) is 3.12. The van der Waals surface area contributed by atoms with E-state index in [9.17, 15) is 0 Å². The van der Waals surface area contributed by atoms with Crippen molar-refractivity contribution in [2.45, 2.75) is 13.3 Å². The monoisotopic (exact) mass is 248 g/mol. The van der Waals surface area contributed by atoms with Crippen LogP contribution in [0.25, 0.3) is 0 Å². The molecule has 92 valence electrons. The average molecular weight is 248 g/mol. The van der Waals surface area contributed by atoms with Crippen molar-refractivity contribution < 1.29 is 4.74 Å². The molecule has 0 radical (unpaired) electrons. The number of aryl methyl sites for hydroxylation is 1. The molecule has 0 spiro atoms. The molecular weight excluding hydrogens is 236 g/mol. The number of benzene rings is 2. The van der Waals surface area contributed by atoms with Crippen LogP contribution in [0, 0.1) is 29.6 Å². The van der Waals surface area contributed by atoms with Crippen LogP contribution in [-0.2, 0) is 6.42 Å². The lowest BCUT2D eigenvalue weighted by molar-refractivity contribution is 0.480. The molecule has 3 nitrogen and oxygen atoms in total. The van der Waals surface area contributed by atoms with Crippen LogP contribution in [0.2, 0.25) is 0 Å². The van der Waals surface area contributed by atoms with Crippen molar-refractivity contribution in [2.24, 2.45) is 0 Å². The van der Waals surface area contributed by atoms with Crippen LogP contribution in [0.4, 0.5) is 0 Å². The summed E-state index contributed by atoms with van der Waals surface area (Å²) in [7, 11) is 0. The van der Waals surface area contributed by atoms with E-state index in [1.54, 1.807) is 18.2 Å². The molecule has 0 atom stereocenters. The Labute approximate surface area is 112 Å². The van der Waals surface area contributed by atoms with Gasteiger partial charge in [0.1, 0.15) is 17.6 Å². The Morgan fingerprint density at radius 2 is 1.79 bits per heavy atom. The molecule has 0 unspecified atom stereocenters. The minimum absolute atomic E-state index is 0.383. The number of hydrogen-bond acceptors (Lipinski definition) is 3. The van der Waals surface area contributed by atoms with E-state index in [0.717, 1.165) is 11.1 Å². The average Bonchev–Trinajstić information content (AvgIpc) is 2.42. The molecule has 0 aliphatic heterocycles. The Hall–Kier alpha value is -2.78. The first-order chi connectivity index (χ1) is 9.22. The Bertz CT molecular complexity index is 661. The molecule has 19 heavy (non-hydrogen) atoms. The van der Waals surface area contributed by atoms with Crippen LogP contribution >= 0.6 is 0 Å². The lowest BCUT2D eigenvalue weighted by atomic mass is 10.1. The second-order valence-corrected chi connectivity index (χ2v) is 4.19. The maximum atomic E-state index is 9.04. The van der Waals surface area contributed by atoms with Crippen LogP contribution in [0.3, 0.4) is 0 Å². The van der Waals surface area contributed by atoms with E-state index in [1.165, 1.54) is 0 Å². The van der Waals surface area contributed by atoms with Gasteiger partial charge in [0.25, 0.3) is 0 Å². The van der Waals surface area contributed by atoms with Crippen molar-refractivity contribution in [1.29, 1.82) is 10.5 Å². The fraction of sp³-hybridized carbons (Fsp3) is 0.125. The van der Waals surface area contributed by atoms with E-state index in [4.69, 9.17) is 15.3 Å². The molecule has 0 bridgehead atoms. The highest BCUT2D eigenvalue weighted by Gasteiger charge is 2.05. The summed E-state index contributed by atoms with van der Waals surface area (Å²) in [6, 6.07) is 17.0. The van der Waals surface area contributed by atoms with Gasteiger partial charge in [-0.1, -0.05) is 18.2 Å². The summed E-state index contributed by atoms with van der Waals surface area (Å²) in [5.74, 6) is 1.21. The maximum absolute atomic E-state index is 9.04. The lowest BCUT2D eigenvalue weighted by Gasteiger charge is -2.08. The highest BCUT2D eigenvalue weighted by atomic mass is 16.5. The fourth-order valence-corrected chi connectivity index (χ4v) is 1.70. The molecule has 0 heterocycles. The molecule has 0 saturated carbocycles. The van der Waals surface area contributed by atoms with E-state index in [-0.39, 0.29) is 0 Å². The molecule has 0 aromatic heterocycles. The first-order valence-electron chi connectivity index (χ1n) is 5.87. The van der Waals surface area contributed by atoms with E-state index < -0.39 is 0 Å². The fourth-order valence-electron chi connectivity index (χ4n) is 1.70. The zero-order chi connectivity index (χ0) is 13.7. The van der Waals surface area contributed by atoms with Crippen molar-refractivity contribution in [2.75, 3.05) is 0 Å². The van der Waals surface area contributed by atoms with Crippen LogP contribution in [0.1, 0.15) is 16.7 Å². The number of ether oxygens (including phenoxy) is 1. The third-order valence-corrected chi connectivity index (χ3v) is 2.69. The highest BCUT2D eigenvalue weighted by Crippen LogP contribution is 2.26. The zero-order valence-electron chi connectivity index (χ0n) is 10.6. The SMILES string of the molecule is Cc1ccc(C#N)c(Oc2ccc(CC#N)cc2)c1. The van der Waals surface area contributed by atoms with Crippen LogP contribution in [0.5, 0.6) is 11.5 Å². The summed E-state index contributed by atoms with van der Waals surface area (Å²) >= 11 is 0. The topological polar surface area (TPSA) is 56.8 Å². The van der Waals surface area contributed by atoms with E-state index in [1.807, 2.05) is 31.2 Å². The molecule has 0 aliphatic carbocycles. The first-order valence-corrected chi connectivity index (χ1v) is 5.87. The van der Waals surface area contributed by atoms with Gasteiger partial charge >= 0.3 is 0 Å². The standard InChI is InChI=1S/C16H12N2O/c1-12-2-5-14(11-18)16(10-12)19-15-6-3-13(4-7-15)8-9-17/h2-7,10H,8H2,1H3. The second-order valence-electron chi connectivity index (χ2n) is 4.19. The summed E-state index contributed by atoms with van der Waals surface area (Å²) in [6.45, 7) is 1.95. The number of hydrogen-bond donors (Lipinski definition) is 0. The summed E-state index contributed by atoms with van der Waals surface area (Å²) in [6.07, 6.45) is 0.383. The van der Waals surface area contributed by atoms with Gasteiger partial charge in [-0.15, -0.1) is 0 Å². The maximum Gasteiger partial charge on any atom is 0.145 e. The smallest absolute Gasteiger partial charge is 0.145 e. The molecule has 2 aromatic carbocycles. The third-order valence-electron chi connectivity index (χ3n) is 2.69. The molecular formula is C16H12N2O. The first kappa shape index (κ1) is 12.7. The zero-order valence-corrected chi connectivity index (χ0v) is 10.6. The van der Waals surface area contributed by atoms with E-state index in [0.29, 0.717) is 23.5 Å². The normalized spacial score (nSPS) is 9.42. The Morgan fingerprint density at radius 3 is 2.42 bits per heavy atom. The van der Waals surface area contributed by atoms with E-state index >= 15 is 0 Å². The Kier molecular flexibility index (Phi) is 3.81. The number of nitrogens with zero attached hydrogens (tertiary/aromatic N) is 2. The molecule has 0 aliphatic rings. The van der Waals surface area contributed by atoms with Gasteiger partial charge in [-0.25, -0.2) is 0 Å². The Morgan fingerprint density at radius 1 is 1.05 bits per heavy atom. The van der Waals surface area contributed by atoms with Gasteiger partial charge in [-0.3, -0.25) is 0 Å². The summed E-state index contributed by atoms with van der Waals surface area (Å²) in [5.41, 5.74) is 2.49. The van der Waals surface area contributed by atoms with Gasteiger partial charge < -0.3 is 4.74 Å². The van der Waals surface area contributed by atoms with Crippen molar-refractivity contribution in [1.82, 2.24) is 0 Å². The molecule has 0 N–H and O–H groups in total. The molecule has 0 amide bonds. The van der Waals surface area contributed by atoms with E-state index in [2.05, 4.69) is 12.1 Å². The molecule has 2 rings (SSSR count). The van der Waals surface area contributed by atoms with Crippen molar-refractivity contribution >= 4 is 0 Å². The molecule has 0 fully saturated rings. The van der Waals surface area contributed by atoms with Crippen molar-refractivity contribution in [3.05, 3.63) is 59.2 Å².